The van der Waals surface area contributed by atoms with Crippen LogP contribution < -0.4 is 4.74 Å². The molecule has 0 radical (unpaired) electrons. The molecule has 0 aliphatic carbocycles. The van der Waals surface area contributed by atoms with Gasteiger partial charge in [0.05, 0.1) is 6.61 Å². The minimum absolute atomic E-state index is 0.419. The topological polar surface area (TPSA) is 35.5 Å². The maximum Gasteiger partial charge on any atom is 0.513 e. The molecule has 0 N–H and O–H groups in total. The van der Waals surface area contributed by atoms with E-state index in [1.165, 1.54) is 24.8 Å². The van der Waals surface area contributed by atoms with Crippen molar-refractivity contribution in [2.75, 3.05) is 6.61 Å². The summed E-state index contributed by atoms with van der Waals surface area (Å²) in [6.07, 6.45) is 6.07. The molecule has 2 rings (SSSR count). The lowest BCUT2D eigenvalue weighted by atomic mass is 10.1. The number of unbranched alkanes of at least 4 members (excludes halogenated alkanes) is 4. The van der Waals surface area contributed by atoms with E-state index in [0.29, 0.717) is 12.4 Å². The van der Waals surface area contributed by atoms with Gasteiger partial charge in [-0.05, 0) is 55.9 Å². The molecule has 0 fully saturated rings. The van der Waals surface area contributed by atoms with Crippen LogP contribution in [0.1, 0.15) is 48.8 Å². The Bertz CT molecular complexity index is 650. The smallest absolute Gasteiger partial charge is 0.434 e. The van der Waals surface area contributed by atoms with Crippen molar-refractivity contribution >= 4 is 6.16 Å². The van der Waals surface area contributed by atoms with Gasteiger partial charge < -0.3 is 9.47 Å². The molecule has 0 saturated carbocycles. The Morgan fingerprint density at radius 3 is 2.36 bits per heavy atom. The summed E-state index contributed by atoms with van der Waals surface area (Å²) in [5, 5.41) is 0. The zero-order chi connectivity index (χ0) is 17.9. The Morgan fingerprint density at radius 1 is 0.840 bits per heavy atom. The van der Waals surface area contributed by atoms with Gasteiger partial charge in [0.2, 0.25) is 0 Å². The monoisotopic (exact) mass is 340 g/mol. The predicted octanol–water partition coefficient (Wildman–Crippen LogP) is 6.01. The van der Waals surface area contributed by atoms with Gasteiger partial charge in [-0.3, -0.25) is 0 Å². The first-order valence-electron chi connectivity index (χ1n) is 9.11. The fourth-order valence-electron chi connectivity index (χ4n) is 2.72. The lowest BCUT2D eigenvalue weighted by Gasteiger charge is -2.09. The van der Waals surface area contributed by atoms with Gasteiger partial charge in [-0.25, -0.2) is 4.79 Å². The molecular weight excluding hydrogens is 312 g/mol. The summed E-state index contributed by atoms with van der Waals surface area (Å²) in [6, 6.07) is 16.2. The minimum atomic E-state index is -0.613. The Kier molecular flexibility index (Phi) is 8.03. The maximum absolute atomic E-state index is 11.7. The number of benzene rings is 2. The quantitative estimate of drug-likeness (QED) is 0.318. The number of aryl methyl sites for hydroxylation is 2. The molecule has 25 heavy (non-hydrogen) atoms. The Balaban J connectivity index is 1.51. The zero-order valence-electron chi connectivity index (χ0n) is 15.3. The van der Waals surface area contributed by atoms with E-state index >= 15 is 0 Å². The van der Waals surface area contributed by atoms with Crippen molar-refractivity contribution in [1.82, 2.24) is 0 Å². The summed E-state index contributed by atoms with van der Waals surface area (Å²) >= 11 is 0. The highest BCUT2D eigenvalue weighted by Crippen LogP contribution is 2.21. The van der Waals surface area contributed by atoms with Gasteiger partial charge in [-0.15, -0.1) is 0 Å². The molecule has 0 saturated heterocycles. The van der Waals surface area contributed by atoms with Crippen LogP contribution in [-0.4, -0.2) is 12.8 Å². The summed E-state index contributed by atoms with van der Waals surface area (Å²) in [4.78, 5) is 11.7. The lowest BCUT2D eigenvalue weighted by Crippen LogP contribution is -2.12. The van der Waals surface area contributed by atoms with Crippen molar-refractivity contribution in [3.8, 4) is 5.75 Å². The number of hydrogen-bond acceptors (Lipinski definition) is 3. The summed E-state index contributed by atoms with van der Waals surface area (Å²) < 4.78 is 10.4. The van der Waals surface area contributed by atoms with E-state index in [4.69, 9.17) is 9.47 Å². The number of carbonyl (C=O) groups excluding carboxylic acids is 1. The number of rotatable bonds is 9. The van der Waals surface area contributed by atoms with Gasteiger partial charge in [0.1, 0.15) is 5.75 Å². The average Bonchev–Trinajstić information content (AvgIpc) is 2.62. The van der Waals surface area contributed by atoms with Gasteiger partial charge in [-0.1, -0.05) is 61.7 Å². The molecule has 2 aromatic carbocycles. The van der Waals surface area contributed by atoms with Gasteiger partial charge in [-0.2, -0.15) is 0 Å². The van der Waals surface area contributed by atoms with Crippen LogP contribution in [0.2, 0.25) is 0 Å². The van der Waals surface area contributed by atoms with Crippen molar-refractivity contribution in [1.29, 1.82) is 0 Å². The molecule has 3 heteroatoms. The second-order valence-corrected chi connectivity index (χ2v) is 6.40. The lowest BCUT2D eigenvalue weighted by molar-refractivity contribution is 0.0970. The van der Waals surface area contributed by atoms with Crippen LogP contribution >= 0.6 is 0 Å². The van der Waals surface area contributed by atoms with Crippen molar-refractivity contribution < 1.29 is 14.3 Å². The van der Waals surface area contributed by atoms with E-state index in [9.17, 15) is 4.79 Å². The summed E-state index contributed by atoms with van der Waals surface area (Å²) in [5.41, 5.74) is 3.47. The van der Waals surface area contributed by atoms with Crippen LogP contribution in [0.3, 0.4) is 0 Å². The van der Waals surface area contributed by atoms with Gasteiger partial charge in [0.15, 0.2) is 0 Å². The van der Waals surface area contributed by atoms with E-state index in [1.807, 2.05) is 26.0 Å². The Labute approximate surface area is 151 Å². The number of hydrogen-bond donors (Lipinski definition) is 0. The fourth-order valence-corrected chi connectivity index (χ4v) is 2.72. The van der Waals surface area contributed by atoms with E-state index in [-0.39, 0.29) is 0 Å². The molecule has 0 aromatic heterocycles. The molecule has 134 valence electrons. The molecule has 0 unspecified atom stereocenters. The third kappa shape index (κ3) is 7.00. The van der Waals surface area contributed by atoms with Crippen LogP contribution in [0.25, 0.3) is 0 Å². The van der Waals surface area contributed by atoms with Gasteiger partial charge in [0, 0.05) is 0 Å². The first kappa shape index (κ1) is 19.0. The first-order chi connectivity index (χ1) is 12.2. The van der Waals surface area contributed by atoms with Crippen LogP contribution in [-0.2, 0) is 11.2 Å². The van der Waals surface area contributed by atoms with E-state index in [2.05, 4.69) is 30.3 Å². The van der Waals surface area contributed by atoms with E-state index in [1.54, 1.807) is 6.07 Å². The van der Waals surface area contributed by atoms with Crippen molar-refractivity contribution in [3.05, 3.63) is 65.2 Å². The van der Waals surface area contributed by atoms with Crippen LogP contribution in [0.5, 0.6) is 5.75 Å². The van der Waals surface area contributed by atoms with E-state index in [0.717, 1.165) is 30.4 Å². The third-order valence-corrected chi connectivity index (χ3v) is 4.42. The predicted molar refractivity (Wildman–Crippen MR) is 101 cm³/mol. The number of carbonyl (C=O) groups is 1. The molecule has 0 bridgehead atoms. The standard InChI is InChI=1S/C22H28O3/c1-18-12-11-16-21(19(18)2)25-22(23)24-17-10-5-3-4-7-13-20-14-8-6-9-15-20/h6,8-9,11-12,14-16H,3-5,7,10,13,17H2,1-2H3. The largest absolute Gasteiger partial charge is 0.513 e. The van der Waals surface area contributed by atoms with Crippen molar-refractivity contribution in [2.24, 2.45) is 0 Å². The molecule has 3 nitrogen and oxygen atoms in total. The average molecular weight is 340 g/mol. The molecule has 0 heterocycles. The zero-order valence-corrected chi connectivity index (χ0v) is 15.3. The second-order valence-electron chi connectivity index (χ2n) is 6.40. The Hall–Kier alpha value is -2.29. The highest BCUT2D eigenvalue weighted by atomic mass is 16.7. The SMILES string of the molecule is Cc1cccc(OC(=O)OCCCCCCCc2ccccc2)c1C. The highest BCUT2D eigenvalue weighted by Gasteiger charge is 2.09. The molecular formula is C22H28O3. The van der Waals surface area contributed by atoms with Crippen molar-refractivity contribution in [2.45, 2.75) is 52.4 Å². The number of ether oxygens (including phenoxy) is 2. The van der Waals surface area contributed by atoms with Crippen LogP contribution in [0, 0.1) is 13.8 Å². The van der Waals surface area contributed by atoms with Gasteiger partial charge >= 0.3 is 6.16 Å². The molecule has 2 aromatic rings. The molecule has 0 aliphatic rings. The maximum atomic E-state index is 11.7. The summed E-state index contributed by atoms with van der Waals surface area (Å²) in [5.74, 6) is 0.575. The van der Waals surface area contributed by atoms with Gasteiger partial charge in [0.25, 0.3) is 0 Å². The van der Waals surface area contributed by atoms with Crippen LogP contribution in [0.4, 0.5) is 4.79 Å². The molecule has 0 atom stereocenters. The third-order valence-electron chi connectivity index (χ3n) is 4.42. The van der Waals surface area contributed by atoms with Crippen LogP contribution in [0.15, 0.2) is 48.5 Å². The fraction of sp³-hybridized carbons (Fsp3) is 0.409. The minimum Gasteiger partial charge on any atom is -0.434 e. The Morgan fingerprint density at radius 2 is 1.56 bits per heavy atom. The molecule has 0 aliphatic heterocycles. The normalized spacial score (nSPS) is 10.5. The molecule has 0 amide bonds. The highest BCUT2D eigenvalue weighted by molar-refractivity contribution is 5.64. The second kappa shape index (κ2) is 10.5. The molecule has 0 spiro atoms. The first-order valence-corrected chi connectivity index (χ1v) is 9.11. The van der Waals surface area contributed by atoms with E-state index < -0.39 is 6.16 Å². The summed E-state index contributed by atoms with van der Waals surface area (Å²) in [6.45, 7) is 4.35. The van der Waals surface area contributed by atoms with Crippen molar-refractivity contribution in [3.63, 3.8) is 0 Å². The summed E-state index contributed by atoms with van der Waals surface area (Å²) in [7, 11) is 0.